The fraction of sp³-hybridized carbons (Fsp3) is 0.786. The van der Waals surface area contributed by atoms with Crippen LogP contribution < -0.4 is 5.73 Å². The quantitative estimate of drug-likeness (QED) is 0.871. The van der Waals surface area contributed by atoms with E-state index in [0.717, 1.165) is 12.3 Å². The van der Waals surface area contributed by atoms with Crippen molar-refractivity contribution in [3.05, 3.63) is 18.0 Å². The lowest BCUT2D eigenvalue weighted by Crippen LogP contribution is -2.35. The first-order valence-electron chi connectivity index (χ1n) is 6.92. The number of hydrogen-bond acceptors (Lipinski definition) is 2. The van der Waals surface area contributed by atoms with Crippen molar-refractivity contribution in [2.24, 2.45) is 24.6 Å². The SMILES string of the molecule is CCC1CCCC(C(N)Cc2cnn(C)c2)C1. The van der Waals surface area contributed by atoms with Crippen molar-refractivity contribution in [1.82, 2.24) is 9.78 Å². The van der Waals surface area contributed by atoms with Gasteiger partial charge in [0.15, 0.2) is 0 Å². The molecule has 1 aromatic rings. The summed E-state index contributed by atoms with van der Waals surface area (Å²) in [5, 5.41) is 4.21. The molecule has 2 rings (SSSR count). The third-order valence-electron chi connectivity index (χ3n) is 4.24. The van der Waals surface area contributed by atoms with Crippen LogP contribution in [0.25, 0.3) is 0 Å². The summed E-state index contributed by atoms with van der Waals surface area (Å²) >= 11 is 0. The number of hydrogen-bond donors (Lipinski definition) is 1. The molecule has 96 valence electrons. The third kappa shape index (κ3) is 3.32. The molecule has 0 spiro atoms. The summed E-state index contributed by atoms with van der Waals surface area (Å²) in [4.78, 5) is 0. The zero-order chi connectivity index (χ0) is 12.3. The maximum absolute atomic E-state index is 6.37. The molecule has 3 heteroatoms. The van der Waals surface area contributed by atoms with Gasteiger partial charge in [-0.3, -0.25) is 4.68 Å². The van der Waals surface area contributed by atoms with Crippen LogP contribution in [0, 0.1) is 11.8 Å². The molecule has 1 aliphatic rings. The summed E-state index contributed by atoms with van der Waals surface area (Å²) in [6.45, 7) is 2.31. The first-order valence-corrected chi connectivity index (χ1v) is 6.92. The van der Waals surface area contributed by atoms with Gasteiger partial charge in [0.2, 0.25) is 0 Å². The maximum Gasteiger partial charge on any atom is 0.0522 e. The topological polar surface area (TPSA) is 43.8 Å². The van der Waals surface area contributed by atoms with Gasteiger partial charge in [0.05, 0.1) is 6.20 Å². The van der Waals surface area contributed by atoms with Crippen molar-refractivity contribution in [2.75, 3.05) is 0 Å². The van der Waals surface area contributed by atoms with E-state index < -0.39 is 0 Å². The zero-order valence-electron chi connectivity index (χ0n) is 11.1. The Morgan fingerprint density at radius 2 is 2.35 bits per heavy atom. The van der Waals surface area contributed by atoms with Crippen LogP contribution >= 0.6 is 0 Å². The Balaban J connectivity index is 1.88. The van der Waals surface area contributed by atoms with E-state index in [1.807, 2.05) is 17.9 Å². The molecule has 2 N–H and O–H groups in total. The third-order valence-corrected chi connectivity index (χ3v) is 4.24. The van der Waals surface area contributed by atoms with Crippen LogP contribution in [-0.2, 0) is 13.5 Å². The Kier molecular flexibility index (Phi) is 4.21. The Morgan fingerprint density at radius 3 is 3.00 bits per heavy atom. The number of aryl methyl sites for hydroxylation is 1. The lowest BCUT2D eigenvalue weighted by Gasteiger charge is -2.32. The van der Waals surface area contributed by atoms with E-state index in [1.165, 1.54) is 37.7 Å². The molecular formula is C14H25N3. The van der Waals surface area contributed by atoms with Gasteiger partial charge in [-0.1, -0.05) is 26.2 Å². The van der Waals surface area contributed by atoms with Crippen LogP contribution in [-0.4, -0.2) is 15.8 Å². The average Bonchev–Trinajstić information content (AvgIpc) is 2.75. The highest BCUT2D eigenvalue weighted by Crippen LogP contribution is 2.33. The molecule has 3 nitrogen and oxygen atoms in total. The molecular weight excluding hydrogens is 210 g/mol. The Labute approximate surface area is 104 Å². The standard InChI is InChI=1S/C14H25N3/c1-3-11-5-4-6-13(7-11)14(15)8-12-9-16-17(2)10-12/h9-11,13-14H,3-8,15H2,1-2H3. The van der Waals surface area contributed by atoms with Gasteiger partial charge >= 0.3 is 0 Å². The lowest BCUT2D eigenvalue weighted by molar-refractivity contribution is 0.228. The van der Waals surface area contributed by atoms with E-state index in [2.05, 4.69) is 18.2 Å². The predicted octanol–water partition coefficient (Wildman–Crippen LogP) is 2.51. The normalized spacial score (nSPS) is 27.0. The van der Waals surface area contributed by atoms with E-state index in [0.29, 0.717) is 12.0 Å². The number of nitrogens with two attached hydrogens (primary N) is 1. The molecule has 1 saturated carbocycles. The predicted molar refractivity (Wildman–Crippen MR) is 70.6 cm³/mol. The van der Waals surface area contributed by atoms with Crippen molar-refractivity contribution in [1.29, 1.82) is 0 Å². The van der Waals surface area contributed by atoms with Crippen molar-refractivity contribution in [3.8, 4) is 0 Å². The Hall–Kier alpha value is -0.830. The fourth-order valence-electron chi connectivity index (χ4n) is 3.11. The highest BCUT2D eigenvalue weighted by Gasteiger charge is 2.25. The van der Waals surface area contributed by atoms with Crippen LogP contribution in [0.2, 0.25) is 0 Å². The van der Waals surface area contributed by atoms with Gasteiger partial charge in [-0.2, -0.15) is 5.10 Å². The summed E-state index contributed by atoms with van der Waals surface area (Å²) in [6.07, 6.45) is 11.7. The van der Waals surface area contributed by atoms with Crippen molar-refractivity contribution < 1.29 is 0 Å². The van der Waals surface area contributed by atoms with Crippen LogP contribution in [0.1, 0.15) is 44.6 Å². The molecule has 3 unspecified atom stereocenters. The number of aromatic nitrogens is 2. The summed E-state index contributed by atoms with van der Waals surface area (Å²) < 4.78 is 1.86. The van der Waals surface area contributed by atoms with Crippen LogP contribution in [0.4, 0.5) is 0 Å². The van der Waals surface area contributed by atoms with E-state index in [9.17, 15) is 0 Å². The molecule has 0 radical (unpaired) electrons. The second kappa shape index (κ2) is 5.67. The van der Waals surface area contributed by atoms with Crippen LogP contribution in [0.15, 0.2) is 12.4 Å². The van der Waals surface area contributed by atoms with E-state index in [4.69, 9.17) is 5.73 Å². The van der Waals surface area contributed by atoms with Gasteiger partial charge in [0, 0.05) is 19.3 Å². The molecule has 1 fully saturated rings. The lowest BCUT2D eigenvalue weighted by atomic mass is 9.76. The Bertz CT molecular complexity index is 345. The number of rotatable bonds is 4. The first-order chi connectivity index (χ1) is 8.19. The summed E-state index contributed by atoms with van der Waals surface area (Å²) in [5.41, 5.74) is 7.65. The molecule has 3 atom stereocenters. The monoisotopic (exact) mass is 235 g/mol. The minimum Gasteiger partial charge on any atom is -0.327 e. The van der Waals surface area contributed by atoms with Crippen LogP contribution in [0.3, 0.4) is 0 Å². The minimum atomic E-state index is 0.313. The summed E-state index contributed by atoms with van der Waals surface area (Å²) in [6, 6.07) is 0.313. The largest absolute Gasteiger partial charge is 0.327 e. The average molecular weight is 235 g/mol. The van der Waals surface area contributed by atoms with E-state index in [1.54, 1.807) is 0 Å². The van der Waals surface area contributed by atoms with Crippen LogP contribution in [0.5, 0.6) is 0 Å². The maximum atomic E-state index is 6.37. The van der Waals surface area contributed by atoms with Gasteiger partial charge in [-0.25, -0.2) is 0 Å². The molecule has 0 amide bonds. The van der Waals surface area contributed by atoms with Gasteiger partial charge in [-0.05, 0) is 36.7 Å². The van der Waals surface area contributed by atoms with Gasteiger partial charge in [0.1, 0.15) is 0 Å². The Morgan fingerprint density at radius 1 is 1.53 bits per heavy atom. The van der Waals surface area contributed by atoms with Crippen molar-refractivity contribution in [2.45, 2.75) is 51.5 Å². The first kappa shape index (κ1) is 12.6. The second-order valence-corrected chi connectivity index (χ2v) is 5.59. The fourth-order valence-corrected chi connectivity index (χ4v) is 3.11. The second-order valence-electron chi connectivity index (χ2n) is 5.59. The summed E-state index contributed by atoms with van der Waals surface area (Å²) in [7, 11) is 1.96. The van der Waals surface area contributed by atoms with Crippen molar-refractivity contribution in [3.63, 3.8) is 0 Å². The molecule has 0 aliphatic heterocycles. The summed E-state index contributed by atoms with van der Waals surface area (Å²) in [5.74, 6) is 1.63. The molecule has 1 aromatic heterocycles. The highest BCUT2D eigenvalue weighted by molar-refractivity contribution is 5.06. The molecule has 1 heterocycles. The molecule has 1 aliphatic carbocycles. The smallest absolute Gasteiger partial charge is 0.0522 e. The van der Waals surface area contributed by atoms with E-state index >= 15 is 0 Å². The molecule has 0 aromatic carbocycles. The zero-order valence-corrected chi connectivity index (χ0v) is 11.1. The molecule has 0 saturated heterocycles. The minimum absolute atomic E-state index is 0.313. The van der Waals surface area contributed by atoms with Gasteiger partial charge in [0.25, 0.3) is 0 Å². The molecule has 0 bridgehead atoms. The van der Waals surface area contributed by atoms with Crippen molar-refractivity contribution >= 4 is 0 Å². The highest BCUT2D eigenvalue weighted by atomic mass is 15.2. The van der Waals surface area contributed by atoms with Gasteiger partial charge in [-0.15, -0.1) is 0 Å². The van der Waals surface area contributed by atoms with E-state index in [-0.39, 0.29) is 0 Å². The molecule has 17 heavy (non-hydrogen) atoms. The number of nitrogens with zero attached hydrogens (tertiary/aromatic N) is 2. The van der Waals surface area contributed by atoms with Gasteiger partial charge < -0.3 is 5.73 Å².